The highest BCUT2D eigenvalue weighted by Gasteiger charge is 2.11. The topological polar surface area (TPSA) is 69.1 Å². The zero-order chi connectivity index (χ0) is 13.8. The van der Waals surface area contributed by atoms with Gasteiger partial charge < -0.3 is 11.5 Å². The molecule has 19 heavy (non-hydrogen) atoms. The molecule has 0 saturated heterocycles. The number of carbonyl (C=O) groups excluding carboxylic acids is 1. The lowest BCUT2D eigenvalue weighted by atomic mass is 9.96. The number of carbonyl (C=O) groups is 1. The average Bonchev–Trinajstić information content (AvgIpc) is 2.39. The van der Waals surface area contributed by atoms with Gasteiger partial charge in [-0.05, 0) is 35.2 Å². The fourth-order valence-electron chi connectivity index (χ4n) is 2.26. The quantitative estimate of drug-likeness (QED) is 0.887. The Morgan fingerprint density at radius 1 is 1.16 bits per heavy atom. The molecule has 0 fully saturated rings. The second kappa shape index (κ2) is 6.17. The number of primary amides is 1. The van der Waals surface area contributed by atoms with Gasteiger partial charge in [-0.3, -0.25) is 4.79 Å². The van der Waals surface area contributed by atoms with Crippen LogP contribution in [0.4, 0.5) is 0 Å². The van der Waals surface area contributed by atoms with Crippen LogP contribution in [0, 0.1) is 0 Å². The predicted molar refractivity (Wildman–Crippen MR) is 81.6 cm³/mol. The number of fused-ring (bicyclic) bond motifs is 1. The van der Waals surface area contributed by atoms with Gasteiger partial charge in [-0.1, -0.05) is 46.3 Å². The van der Waals surface area contributed by atoms with Crippen molar-refractivity contribution in [2.45, 2.75) is 25.3 Å². The molecule has 0 saturated carbocycles. The van der Waals surface area contributed by atoms with Gasteiger partial charge in [-0.15, -0.1) is 0 Å². The van der Waals surface area contributed by atoms with Crippen molar-refractivity contribution in [1.29, 1.82) is 0 Å². The van der Waals surface area contributed by atoms with Crippen molar-refractivity contribution in [2.24, 2.45) is 11.5 Å². The van der Waals surface area contributed by atoms with Gasteiger partial charge in [0.25, 0.3) is 0 Å². The maximum absolute atomic E-state index is 10.7. The lowest BCUT2D eigenvalue weighted by Crippen LogP contribution is -2.14. The first kappa shape index (κ1) is 14.0. The summed E-state index contributed by atoms with van der Waals surface area (Å²) >= 11 is 3.55. The monoisotopic (exact) mass is 320 g/mol. The first-order valence-corrected chi connectivity index (χ1v) is 7.10. The van der Waals surface area contributed by atoms with Crippen LogP contribution >= 0.6 is 15.9 Å². The van der Waals surface area contributed by atoms with Gasteiger partial charge in [0.2, 0.25) is 5.91 Å². The molecule has 0 aliphatic rings. The first-order chi connectivity index (χ1) is 9.09. The van der Waals surface area contributed by atoms with Crippen molar-refractivity contribution in [3.05, 3.63) is 46.4 Å². The molecule has 0 bridgehead atoms. The van der Waals surface area contributed by atoms with Gasteiger partial charge in [-0.2, -0.15) is 0 Å². The number of rotatable bonds is 5. The summed E-state index contributed by atoms with van der Waals surface area (Å²) in [6.45, 7) is 0. The van der Waals surface area contributed by atoms with Crippen molar-refractivity contribution >= 4 is 32.6 Å². The maximum atomic E-state index is 10.7. The highest BCUT2D eigenvalue weighted by Crippen LogP contribution is 2.30. The van der Waals surface area contributed by atoms with Crippen LogP contribution in [0.3, 0.4) is 0 Å². The molecule has 2 aromatic carbocycles. The molecule has 1 atom stereocenters. The van der Waals surface area contributed by atoms with E-state index in [2.05, 4.69) is 28.1 Å². The molecule has 4 N–H and O–H groups in total. The summed E-state index contributed by atoms with van der Waals surface area (Å²) in [6, 6.07) is 12.1. The summed E-state index contributed by atoms with van der Waals surface area (Å²) < 4.78 is 1.07. The Balaban J connectivity index is 2.24. The average molecular weight is 321 g/mol. The Bertz CT molecular complexity index is 598. The van der Waals surface area contributed by atoms with E-state index in [9.17, 15) is 4.79 Å². The van der Waals surface area contributed by atoms with Crippen molar-refractivity contribution < 1.29 is 4.79 Å². The van der Waals surface area contributed by atoms with Gasteiger partial charge >= 0.3 is 0 Å². The van der Waals surface area contributed by atoms with Crippen molar-refractivity contribution in [2.75, 3.05) is 0 Å². The standard InChI is InChI=1S/C15H17BrN2O/c16-13-9-8-12(10-4-1-2-5-11(10)13)14(17)6-3-7-15(18)19/h1-2,4-5,8-9,14H,3,6-7,17H2,(H2,18,19). The molecule has 0 radical (unpaired) electrons. The van der Waals surface area contributed by atoms with Crippen LogP contribution in [0.5, 0.6) is 0 Å². The minimum Gasteiger partial charge on any atom is -0.370 e. The zero-order valence-electron chi connectivity index (χ0n) is 10.6. The smallest absolute Gasteiger partial charge is 0.217 e. The van der Waals surface area contributed by atoms with Crippen LogP contribution in [0.15, 0.2) is 40.9 Å². The number of halogens is 1. The van der Waals surface area contributed by atoms with Gasteiger partial charge in [0.1, 0.15) is 0 Å². The molecule has 2 rings (SSSR count). The minimum atomic E-state index is -0.270. The molecule has 1 unspecified atom stereocenters. The Hall–Kier alpha value is -1.39. The fourth-order valence-corrected chi connectivity index (χ4v) is 2.74. The summed E-state index contributed by atoms with van der Waals surface area (Å²) in [5.41, 5.74) is 12.5. The van der Waals surface area contributed by atoms with Crippen LogP contribution in [0.25, 0.3) is 10.8 Å². The molecule has 1 amide bonds. The normalized spacial score (nSPS) is 12.5. The van der Waals surface area contributed by atoms with E-state index in [0.29, 0.717) is 6.42 Å². The molecule has 0 aliphatic heterocycles. The van der Waals surface area contributed by atoms with E-state index in [1.807, 2.05) is 24.3 Å². The SMILES string of the molecule is NC(=O)CCCC(N)c1ccc(Br)c2ccccc12. The summed E-state index contributed by atoms with van der Waals surface area (Å²) in [7, 11) is 0. The molecular formula is C15H17BrN2O. The lowest BCUT2D eigenvalue weighted by molar-refractivity contribution is -0.118. The van der Waals surface area contributed by atoms with E-state index in [1.54, 1.807) is 0 Å². The Morgan fingerprint density at radius 3 is 2.53 bits per heavy atom. The summed E-state index contributed by atoms with van der Waals surface area (Å²) in [4.78, 5) is 10.7. The van der Waals surface area contributed by atoms with Crippen molar-refractivity contribution in [3.8, 4) is 0 Å². The molecular weight excluding hydrogens is 304 g/mol. The Labute approximate surface area is 121 Å². The molecule has 0 aromatic heterocycles. The maximum Gasteiger partial charge on any atom is 0.217 e. The van der Waals surface area contributed by atoms with Crippen LogP contribution < -0.4 is 11.5 Å². The van der Waals surface area contributed by atoms with Gasteiger partial charge in [0, 0.05) is 16.9 Å². The molecule has 4 heteroatoms. The fraction of sp³-hybridized carbons (Fsp3) is 0.267. The van der Waals surface area contributed by atoms with Crippen LogP contribution in [-0.4, -0.2) is 5.91 Å². The summed E-state index contributed by atoms with van der Waals surface area (Å²) in [6.07, 6.45) is 1.87. The van der Waals surface area contributed by atoms with E-state index in [-0.39, 0.29) is 11.9 Å². The van der Waals surface area contributed by atoms with Gasteiger partial charge in [0.05, 0.1) is 0 Å². The minimum absolute atomic E-state index is 0.0719. The molecule has 2 aromatic rings. The Morgan fingerprint density at radius 2 is 1.84 bits per heavy atom. The summed E-state index contributed by atoms with van der Waals surface area (Å²) in [5.74, 6) is -0.270. The third-order valence-electron chi connectivity index (χ3n) is 3.24. The highest BCUT2D eigenvalue weighted by atomic mass is 79.9. The van der Waals surface area contributed by atoms with Gasteiger partial charge in [-0.25, -0.2) is 0 Å². The van der Waals surface area contributed by atoms with Gasteiger partial charge in [0.15, 0.2) is 0 Å². The molecule has 0 spiro atoms. The van der Waals surface area contributed by atoms with E-state index in [0.717, 1.165) is 33.7 Å². The molecule has 0 aliphatic carbocycles. The number of hydrogen-bond acceptors (Lipinski definition) is 2. The van der Waals surface area contributed by atoms with E-state index in [1.165, 1.54) is 0 Å². The van der Waals surface area contributed by atoms with Crippen LogP contribution in [0.2, 0.25) is 0 Å². The van der Waals surface area contributed by atoms with E-state index >= 15 is 0 Å². The number of hydrogen-bond donors (Lipinski definition) is 2. The number of nitrogens with two attached hydrogens (primary N) is 2. The van der Waals surface area contributed by atoms with Crippen LogP contribution in [0.1, 0.15) is 30.9 Å². The van der Waals surface area contributed by atoms with E-state index in [4.69, 9.17) is 11.5 Å². The predicted octanol–water partition coefficient (Wildman–Crippen LogP) is 3.26. The second-order valence-electron chi connectivity index (χ2n) is 4.65. The van der Waals surface area contributed by atoms with Crippen molar-refractivity contribution in [3.63, 3.8) is 0 Å². The zero-order valence-corrected chi connectivity index (χ0v) is 12.2. The molecule has 100 valence electrons. The number of benzene rings is 2. The number of amides is 1. The third kappa shape index (κ3) is 3.33. The lowest BCUT2D eigenvalue weighted by Gasteiger charge is -2.15. The summed E-state index contributed by atoms with van der Waals surface area (Å²) in [5, 5.41) is 2.31. The highest BCUT2D eigenvalue weighted by molar-refractivity contribution is 9.10. The third-order valence-corrected chi connectivity index (χ3v) is 3.93. The molecule has 0 heterocycles. The van der Waals surface area contributed by atoms with Crippen LogP contribution in [-0.2, 0) is 4.79 Å². The molecule has 3 nitrogen and oxygen atoms in total. The largest absolute Gasteiger partial charge is 0.370 e. The second-order valence-corrected chi connectivity index (χ2v) is 5.50. The van der Waals surface area contributed by atoms with E-state index < -0.39 is 0 Å². The van der Waals surface area contributed by atoms with Crippen molar-refractivity contribution in [1.82, 2.24) is 0 Å². The Kier molecular flexibility index (Phi) is 4.56. The first-order valence-electron chi connectivity index (χ1n) is 6.30.